The van der Waals surface area contributed by atoms with Crippen LogP contribution in [0.2, 0.25) is 0 Å². The van der Waals surface area contributed by atoms with E-state index >= 15 is 0 Å². The van der Waals surface area contributed by atoms with Crippen LogP contribution in [0.1, 0.15) is 30.5 Å². The van der Waals surface area contributed by atoms with E-state index in [1.807, 2.05) is 49.4 Å². The van der Waals surface area contributed by atoms with Crippen LogP contribution in [0, 0.1) is 6.92 Å². The van der Waals surface area contributed by atoms with Gasteiger partial charge >= 0.3 is 6.03 Å². The highest BCUT2D eigenvalue weighted by Gasteiger charge is 2.33. The fourth-order valence-corrected chi connectivity index (χ4v) is 3.47. The van der Waals surface area contributed by atoms with Gasteiger partial charge in [0.1, 0.15) is 11.4 Å². The normalized spacial score (nSPS) is 15.0. The zero-order valence-corrected chi connectivity index (χ0v) is 17.4. The zero-order valence-electron chi connectivity index (χ0n) is 17.4. The summed E-state index contributed by atoms with van der Waals surface area (Å²) in [5.41, 5.74) is 4.04. The molecule has 1 aliphatic heterocycles. The maximum atomic E-state index is 12.8. The summed E-state index contributed by atoms with van der Waals surface area (Å²) in [5, 5.41) is 2.68. The first kappa shape index (κ1) is 20.5. The fourth-order valence-electron chi connectivity index (χ4n) is 3.47. The van der Waals surface area contributed by atoms with Crippen molar-refractivity contribution in [3.05, 3.63) is 64.9 Å². The van der Waals surface area contributed by atoms with Crippen molar-refractivity contribution in [1.29, 1.82) is 0 Å². The van der Waals surface area contributed by atoms with Crippen molar-refractivity contribution < 1.29 is 14.3 Å². The molecule has 0 spiro atoms. The van der Waals surface area contributed by atoms with E-state index < -0.39 is 6.03 Å². The summed E-state index contributed by atoms with van der Waals surface area (Å²) < 4.78 is 5.52. The van der Waals surface area contributed by atoms with Crippen LogP contribution >= 0.6 is 0 Å². The van der Waals surface area contributed by atoms with Crippen LogP contribution in [-0.4, -0.2) is 37.0 Å². The van der Waals surface area contributed by atoms with Crippen LogP contribution in [-0.2, 0) is 11.3 Å². The Morgan fingerprint density at radius 1 is 1.10 bits per heavy atom. The second-order valence-corrected chi connectivity index (χ2v) is 6.97. The first-order valence-electron chi connectivity index (χ1n) is 9.79. The van der Waals surface area contributed by atoms with Gasteiger partial charge in [0, 0.05) is 30.4 Å². The smallest absolute Gasteiger partial charge is 0.329 e. The average Bonchev–Trinajstić information content (AvgIpc) is 2.97. The third-order valence-electron chi connectivity index (χ3n) is 5.03. The first-order chi connectivity index (χ1) is 14.0. The second kappa shape index (κ2) is 8.82. The summed E-state index contributed by atoms with van der Waals surface area (Å²) >= 11 is 0. The maximum absolute atomic E-state index is 12.8. The molecule has 0 radical (unpaired) electrons. The van der Waals surface area contributed by atoms with Gasteiger partial charge in [-0.15, -0.1) is 0 Å². The highest BCUT2D eigenvalue weighted by Crippen LogP contribution is 2.28. The van der Waals surface area contributed by atoms with Crippen LogP contribution in [0.4, 0.5) is 10.5 Å². The van der Waals surface area contributed by atoms with Crippen molar-refractivity contribution in [2.45, 2.75) is 27.3 Å². The number of nitrogens with one attached hydrogen (secondary N) is 1. The Kier molecular flexibility index (Phi) is 6.22. The molecule has 6 nitrogen and oxygen atoms in total. The van der Waals surface area contributed by atoms with Crippen molar-refractivity contribution in [2.24, 2.45) is 0 Å². The van der Waals surface area contributed by atoms with Crippen molar-refractivity contribution >= 4 is 23.7 Å². The van der Waals surface area contributed by atoms with E-state index in [-0.39, 0.29) is 18.1 Å². The van der Waals surface area contributed by atoms with Crippen LogP contribution < -0.4 is 15.0 Å². The standard InChI is InChI=1S/C23H27N3O3/c1-5-25(6-2)19-11-10-18(21(14-19)29-4)13-20-22(27)26(23(28)24-20)15-17-9-7-8-16(3)12-17/h7-14H,5-6,15H2,1-4H3,(H,24,28)/b20-13-. The molecular weight excluding hydrogens is 366 g/mol. The summed E-state index contributed by atoms with van der Waals surface area (Å²) in [7, 11) is 1.60. The van der Waals surface area contributed by atoms with Gasteiger partial charge in [0.2, 0.25) is 0 Å². The van der Waals surface area contributed by atoms with Gasteiger partial charge in [-0.05, 0) is 44.5 Å². The molecule has 2 aromatic carbocycles. The van der Waals surface area contributed by atoms with Crippen LogP contribution in [0.25, 0.3) is 6.08 Å². The molecule has 1 saturated heterocycles. The molecule has 1 aliphatic rings. The topological polar surface area (TPSA) is 61.9 Å². The van der Waals surface area contributed by atoms with Crippen LogP contribution in [0.15, 0.2) is 48.2 Å². The summed E-state index contributed by atoms with van der Waals surface area (Å²) in [6, 6.07) is 13.2. The number of imide groups is 1. The number of carbonyl (C=O) groups is 2. The molecular formula is C23H27N3O3. The van der Waals surface area contributed by atoms with Crippen molar-refractivity contribution in [3.8, 4) is 5.75 Å². The minimum absolute atomic E-state index is 0.238. The lowest BCUT2D eigenvalue weighted by molar-refractivity contribution is -0.123. The summed E-state index contributed by atoms with van der Waals surface area (Å²) in [6.45, 7) is 8.20. The van der Waals surface area contributed by atoms with Gasteiger partial charge in [-0.2, -0.15) is 0 Å². The summed E-state index contributed by atoms with van der Waals surface area (Å²) in [6.07, 6.45) is 1.67. The Bertz CT molecular complexity index is 948. The van der Waals surface area contributed by atoms with E-state index in [2.05, 4.69) is 24.1 Å². The summed E-state index contributed by atoms with van der Waals surface area (Å²) in [4.78, 5) is 28.6. The summed E-state index contributed by atoms with van der Waals surface area (Å²) in [5.74, 6) is 0.312. The van der Waals surface area contributed by atoms with Crippen molar-refractivity contribution in [2.75, 3.05) is 25.1 Å². The van der Waals surface area contributed by atoms with E-state index in [4.69, 9.17) is 4.74 Å². The van der Waals surface area contributed by atoms with Gasteiger partial charge in [-0.3, -0.25) is 9.69 Å². The maximum Gasteiger partial charge on any atom is 0.329 e. The Morgan fingerprint density at radius 3 is 2.52 bits per heavy atom. The third-order valence-corrected chi connectivity index (χ3v) is 5.03. The molecule has 0 atom stereocenters. The lowest BCUT2D eigenvalue weighted by Gasteiger charge is -2.22. The molecule has 1 heterocycles. The number of urea groups is 1. The largest absolute Gasteiger partial charge is 0.496 e. The minimum atomic E-state index is -0.415. The van der Waals surface area contributed by atoms with E-state index in [1.54, 1.807) is 13.2 Å². The minimum Gasteiger partial charge on any atom is -0.496 e. The number of ether oxygens (including phenoxy) is 1. The van der Waals surface area contributed by atoms with Crippen molar-refractivity contribution in [1.82, 2.24) is 10.2 Å². The first-order valence-corrected chi connectivity index (χ1v) is 9.79. The average molecular weight is 393 g/mol. The fraction of sp³-hybridized carbons (Fsp3) is 0.304. The number of methoxy groups -OCH3 is 1. The number of anilines is 1. The van der Waals surface area contributed by atoms with Gasteiger partial charge in [-0.25, -0.2) is 4.79 Å². The number of rotatable bonds is 7. The number of aryl methyl sites for hydroxylation is 1. The molecule has 0 unspecified atom stereocenters. The van der Waals surface area contributed by atoms with Gasteiger partial charge in [0.05, 0.1) is 13.7 Å². The molecule has 0 bridgehead atoms. The molecule has 3 rings (SSSR count). The Labute approximate surface area is 171 Å². The zero-order chi connectivity index (χ0) is 21.0. The van der Waals surface area contributed by atoms with E-state index in [0.717, 1.165) is 35.5 Å². The van der Waals surface area contributed by atoms with Crippen LogP contribution in [0.3, 0.4) is 0 Å². The predicted molar refractivity (Wildman–Crippen MR) is 115 cm³/mol. The molecule has 3 amide bonds. The SMILES string of the molecule is CCN(CC)c1ccc(/C=C2\NC(=O)N(Cc3cccc(C)c3)C2=O)c(OC)c1. The molecule has 1 fully saturated rings. The number of benzene rings is 2. The number of amides is 3. The second-order valence-electron chi connectivity index (χ2n) is 6.97. The Hall–Kier alpha value is -3.28. The molecule has 29 heavy (non-hydrogen) atoms. The van der Waals surface area contributed by atoms with Gasteiger partial charge in [-0.1, -0.05) is 29.8 Å². The number of hydrogen-bond donors (Lipinski definition) is 1. The van der Waals surface area contributed by atoms with Gasteiger partial charge < -0.3 is 15.0 Å². The lowest BCUT2D eigenvalue weighted by atomic mass is 10.1. The number of carbonyl (C=O) groups excluding carboxylic acids is 2. The molecule has 1 N–H and O–H groups in total. The molecule has 152 valence electrons. The molecule has 0 aliphatic carbocycles. The highest BCUT2D eigenvalue weighted by molar-refractivity contribution is 6.14. The van der Waals surface area contributed by atoms with E-state index in [9.17, 15) is 9.59 Å². The van der Waals surface area contributed by atoms with Gasteiger partial charge in [0.25, 0.3) is 5.91 Å². The number of hydrogen-bond acceptors (Lipinski definition) is 4. The Morgan fingerprint density at radius 2 is 1.86 bits per heavy atom. The lowest BCUT2D eigenvalue weighted by Crippen LogP contribution is -2.30. The third kappa shape index (κ3) is 4.42. The van der Waals surface area contributed by atoms with E-state index in [0.29, 0.717) is 5.75 Å². The quantitative estimate of drug-likeness (QED) is 0.572. The predicted octanol–water partition coefficient (Wildman–Crippen LogP) is 3.94. The Balaban J connectivity index is 1.85. The van der Waals surface area contributed by atoms with Crippen molar-refractivity contribution in [3.63, 3.8) is 0 Å². The molecule has 6 heteroatoms. The van der Waals surface area contributed by atoms with E-state index in [1.165, 1.54) is 4.90 Å². The van der Waals surface area contributed by atoms with Crippen LogP contribution in [0.5, 0.6) is 5.75 Å². The highest BCUT2D eigenvalue weighted by atomic mass is 16.5. The molecule has 2 aromatic rings. The molecule has 0 saturated carbocycles. The number of nitrogens with zero attached hydrogens (tertiary/aromatic N) is 2. The monoisotopic (exact) mass is 393 g/mol. The van der Waals surface area contributed by atoms with Gasteiger partial charge in [0.15, 0.2) is 0 Å². The molecule has 0 aromatic heterocycles.